The fraction of sp³-hybridized carbons (Fsp3) is 0.857. The average Bonchev–Trinajstić information content (AvgIpc) is 2.69. The lowest BCUT2D eigenvalue weighted by molar-refractivity contribution is -0.142. The zero-order chi connectivity index (χ0) is 14.9. The molecule has 0 radical (unpaired) electrons. The van der Waals surface area contributed by atoms with Crippen LogP contribution in [0.25, 0.3) is 0 Å². The van der Waals surface area contributed by atoms with E-state index in [2.05, 4.69) is 10.2 Å². The summed E-state index contributed by atoms with van der Waals surface area (Å²) in [6, 6.07) is -0.131. The molecule has 20 heavy (non-hydrogen) atoms. The van der Waals surface area contributed by atoms with Crippen molar-refractivity contribution in [2.75, 3.05) is 33.7 Å². The second-order valence-corrected chi connectivity index (χ2v) is 6.46. The zero-order valence-corrected chi connectivity index (χ0v) is 12.6. The first-order valence-electron chi connectivity index (χ1n) is 7.29. The molecule has 1 heterocycles. The average molecular weight is 283 g/mol. The normalized spacial score (nSPS) is 28.3. The van der Waals surface area contributed by atoms with Crippen LogP contribution in [0.3, 0.4) is 0 Å². The number of nitrogens with zero attached hydrogens (tertiary/aromatic N) is 2. The second kappa shape index (κ2) is 5.60. The lowest BCUT2D eigenvalue weighted by Gasteiger charge is -2.47. The van der Waals surface area contributed by atoms with Gasteiger partial charge in [-0.05, 0) is 39.3 Å². The van der Waals surface area contributed by atoms with Gasteiger partial charge in [-0.2, -0.15) is 0 Å². The molecule has 0 aromatic heterocycles. The Balaban J connectivity index is 1.86. The van der Waals surface area contributed by atoms with Crippen LogP contribution in [0, 0.1) is 11.8 Å². The Bertz CT molecular complexity index is 393. The minimum Gasteiger partial charge on any atom is -0.481 e. The number of amides is 2. The summed E-state index contributed by atoms with van der Waals surface area (Å²) in [5, 5.41) is 12.1. The molecule has 114 valence electrons. The fourth-order valence-corrected chi connectivity index (χ4v) is 3.17. The van der Waals surface area contributed by atoms with Crippen LogP contribution in [-0.2, 0) is 4.79 Å². The molecule has 0 bridgehead atoms. The van der Waals surface area contributed by atoms with Gasteiger partial charge in [0.05, 0.1) is 5.92 Å². The molecule has 2 fully saturated rings. The van der Waals surface area contributed by atoms with Gasteiger partial charge in [0.2, 0.25) is 0 Å². The quantitative estimate of drug-likeness (QED) is 0.801. The van der Waals surface area contributed by atoms with Crippen molar-refractivity contribution in [1.82, 2.24) is 15.1 Å². The summed E-state index contributed by atoms with van der Waals surface area (Å²) in [5.74, 6) is -1.23. The SMILES string of the molecule is CC1CN(C(=O)NCC2(N(C)C)CCC2)CC1C(=O)O. The number of carbonyl (C=O) groups is 2. The van der Waals surface area contributed by atoms with Crippen molar-refractivity contribution >= 4 is 12.0 Å². The molecule has 2 atom stereocenters. The lowest BCUT2D eigenvalue weighted by atomic mass is 9.75. The van der Waals surface area contributed by atoms with E-state index in [0.717, 1.165) is 12.8 Å². The summed E-state index contributed by atoms with van der Waals surface area (Å²) in [5.41, 5.74) is 0.0905. The van der Waals surface area contributed by atoms with Gasteiger partial charge in [-0.15, -0.1) is 0 Å². The number of likely N-dealkylation sites (N-methyl/N-ethyl adjacent to an activating group) is 1. The van der Waals surface area contributed by atoms with Gasteiger partial charge < -0.3 is 20.2 Å². The van der Waals surface area contributed by atoms with E-state index < -0.39 is 11.9 Å². The van der Waals surface area contributed by atoms with Crippen LogP contribution in [0.1, 0.15) is 26.2 Å². The maximum atomic E-state index is 12.2. The van der Waals surface area contributed by atoms with E-state index in [1.54, 1.807) is 4.90 Å². The van der Waals surface area contributed by atoms with Crippen molar-refractivity contribution in [3.8, 4) is 0 Å². The van der Waals surface area contributed by atoms with Gasteiger partial charge in [0.1, 0.15) is 0 Å². The zero-order valence-electron chi connectivity index (χ0n) is 12.6. The van der Waals surface area contributed by atoms with Crippen molar-refractivity contribution in [2.45, 2.75) is 31.7 Å². The molecule has 2 N–H and O–H groups in total. The first-order chi connectivity index (χ1) is 9.35. The van der Waals surface area contributed by atoms with E-state index in [1.165, 1.54) is 6.42 Å². The summed E-state index contributed by atoms with van der Waals surface area (Å²) in [6.07, 6.45) is 3.42. The number of hydrogen-bond acceptors (Lipinski definition) is 3. The van der Waals surface area contributed by atoms with Crippen LogP contribution >= 0.6 is 0 Å². The van der Waals surface area contributed by atoms with Gasteiger partial charge in [-0.1, -0.05) is 6.92 Å². The number of urea groups is 1. The Morgan fingerprint density at radius 3 is 2.40 bits per heavy atom. The minimum atomic E-state index is -0.809. The summed E-state index contributed by atoms with van der Waals surface area (Å²) in [6.45, 7) is 3.37. The van der Waals surface area contributed by atoms with E-state index in [1.807, 2.05) is 21.0 Å². The molecule has 0 aromatic carbocycles. The third-order valence-electron chi connectivity index (χ3n) is 5.02. The van der Waals surface area contributed by atoms with E-state index >= 15 is 0 Å². The standard InChI is InChI=1S/C14H25N3O3/c1-10-7-17(8-11(10)12(18)19)13(20)15-9-14(16(2)3)5-4-6-14/h10-11H,4-9H2,1-3H3,(H,15,20)(H,18,19). The maximum absolute atomic E-state index is 12.2. The Morgan fingerprint density at radius 2 is 2.00 bits per heavy atom. The van der Waals surface area contributed by atoms with E-state index in [9.17, 15) is 9.59 Å². The molecular formula is C14H25N3O3. The number of carboxylic acid groups (broad SMARTS) is 1. The minimum absolute atomic E-state index is 0.0183. The maximum Gasteiger partial charge on any atom is 0.317 e. The van der Waals surface area contributed by atoms with Crippen molar-refractivity contribution in [2.24, 2.45) is 11.8 Å². The van der Waals surface area contributed by atoms with E-state index in [0.29, 0.717) is 19.6 Å². The van der Waals surface area contributed by atoms with Crippen LogP contribution in [0.2, 0.25) is 0 Å². The number of aliphatic carboxylic acids is 1. The van der Waals surface area contributed by atoms with Crippen LogP contribution in [0.4, 0.5) is 4.79 Å². The van der Waals surface area contributed by atoms with Crippen molar-refractivity contribution in [3.63, 3.8) is 0 Å². The van der Waals surface area contributed by atoms with E-state index in [4.69, 9.17) is 5.11 Å². The number of carboxylic acids is 1. The van der Waals surface area contributed by atoms with Crippen LogP contribution in [-0.4, -0.2) is 66.2 Å². The number of hydrogen-bond donors (Lipinski definition) is 2. The summed E-state index contributed by atoms with van der Waals surface area (Å²) in [7, 11) is 4.09. The van der Waals surface area contributed by atoms with Gasteiger partial charge in [-0.3, -0.25) is 4.79 Å². The summed E-state index contributed by atoms with van der Waals surface area (Å²) < 4.78 is 0. The predicted octanol–water partition coefficient (Wildman–Crippen LogP) is 0.833. The first kappa shape index (κ1) is 15.1. The van der Waals surface area contributed by atoms with Crippen LogP contribution in [0.5, 0.6) is 0 Å². The van der Waals surface area contributed by atoms with Gasteiger partial charge >= 0.3 is 12.0 Å². The number of carbonyl (C=O) groups excluding carboxylic acids is 1. The third-order valence-corrected chi connectivity index (χ3v) is 5.02. The van der Waals surface area contributed by atoms with E-state index in [-0.39, 0.29) is 17.5 Å². The van der Waals surface area contributed by atoms with Crippen LogP contribution < -0.4 is 5.32 Å². The topological polar surface area (TPSA) is 72.9 Å². The molecule has 1 saturated heterocycles. The molecule has 0 aromatic rings. The monoisotopic (exact) mass is 283 g/mol. The molecule has 2 rings (SSSR count). The molecule has 2 aliphatic rings. The molecule has 1 aliphatic carbocycles. The first-order valence-corrected chi connectivity index (χ1v) is 7.29. The predicted molar refractivity (Wildman–Crippen MR) is 75.5 cm³/mol. The largest absolute Gasteiger partial charge is 0.481 e. The lowest BCUT2D eigenvalue weighted by Crippen LogP contribution is -2.58. The highest BCUT2D eigenvalue weighted by Crippen LogP contribution is 2.35. The molecular weight excluding hydrogens is 258 g/mol. The Hall–Kier alpha value is -1.30. The smallest absolute Gasteiger partial charge is 0.317 e. The summed E-state index contributed by atoms with van der Waals surface area (Å²) in [4.78, 5) is 27.1. The fourth-order valence-electron chi connectivity index (χ4n) is 3.17. The number of nitrogens with one attached hydrogen (secondary N) is 1. The molecule has 2 unspecified atom stereocenters. The van der Waals surface area contributed by atoms with Crippen molar-refractivity contribution < 1.29 is 14.7 Å². The highest BCUT2D eigenvalue weighted by atomic mass is 16.4. The molecule has 6 heteroatoms. The highest BCUT2D eigenvalue weighted by molar-refractivity contribution is 5.77. The highest BCUT2D eigenvalue weighted by Gasteiger charge is 2.41. The second-order valence-electron chi connectivity index (χ2n) is 6.46. The van der Waals surface area contributed by atoms with Crippen molar-refractivity contribution in [1.29, 1.82) is 0 Å². The molecule has 1 aliphatic heterocycles. The number of rotatable bonds is 4. The molecule has 2 amide bonds. The van der Waals surface area contributed by atoms with Crippen molar-refractivity contribution in [3.05, 3.63) is 0 Å². The van der Waals surface area contributed by atoms with Gasteiger partial charge in [0.25, 0.3) is 0 Å². The molecule has 1 saturated carbocycles. The Kier molecular flexibility index (Phi) is 4.22. The number of likely N-dealkylation sites (tertiary alicyclic amines) is 1. The van der Waals surface area contributed by atoms with Gasteiger partial charge in [0.15, 0.2) is 0 Å². The molecule has 0 spiro atoms. The van der Waals surface area contributed by atoms with Gasteiger partial charge in [0, 0.05) is 25.2 Å². The third kappa shape index (κ3) is 2.75. The Morgan fingerprint density at radius 1 is 1.35 bits per heavy atom. The Labute approximate surface area is 120 Å². The summed E-state index contributed by atoms with van der Waals surface area (Å²) >= 11 is 0. The van der Waals surface area contributed by atoms with Gasteiger partial charge in [-0.25, -0.2) is 4.79 Å². The van der Waals surface area contributed by atoms with Crippen LogP contribution in [0.15, 0.2) is 0 Å². The molecule has 6 nitrogen and oxygen atoms in total.